The van der Waals surface area contributed by atoms with Gasteiger partial charge in [-0.3, -0.25) is 23.7 Å². The standard InChI is InChI=1S/C26H24ClFN4O5/c1-14(33)29-16-5-7-17(8-6-16)32-22(25(36)30(2)3)18-10-11-31(24(35)21(18)23(34)26(32)37)13-15-4-9-20(28)19(27)12-15/h4-9,12,34H,10-11,13H2,1-3H3,(H,29,33). The lowest BCUT2D eigenvalue weighted by Crippen LogP contribution is -2.42. The number of nitrogens with zero attached hydrogens (tertiary/aromatic N) is 3. The van der Waals surface area contributed by atoms with Gasteiger partial charge in [-0.05, 0) is 48.4 Å². The van der Waals surface area contributed by atoms with Gasteiger partial charge in [-0.25, -0.2) is 4.39 Å². The molecule has 192 valence electrons. The van der Waals surface area contributed by atoms with E-state index < -0.39 is 28.9 Å². The Morgan fingerprint density at radius 1 is 1.14 bits per heavy atom. The predicted molar refractivity (Wildman–Crippen MR) is 136 cm³/mol. The Balaban J connectivity index is 1.83. The van der Waals surface area contributed by atoms with Crippen LogP contribution in [-0.2, 0) is 17.8 Å². The molecule has 0 spiro atoms. The zero-order valence-electron chi connectivity index (χ0n) is 20.3. The highest BCUT2D eigenvalue weighted by molar-refractivity contribution is 6.30. The minimum atomic E-state index is -0.934. The number of hydrogen-bond acceptors (Lipinski definition) is 5. The highest BCUT2D eigenvalue weighted by Gasteiger charge is 2.35. The highest BCUT2D eigenvalue weighted by atomic mass is 35.5. The van der Waals surface area contributed by atoms with Gasteiger partial charge in [0, 0.05) is 51.0 Å². The maximum atomic E-state index is 13.6. The molecule has 2 aromatic carbocycles. The van der Waals surface area contributed by atoms with E-state index in [1.807, 2.05) is 0 Å². The van der Waals surface area contributed by atoms with E-state index in [9.17, 15) is 28.7 Å². The third kappa shape index (κ3) is 4.92. The van der Waals surface area contributed by atoms with Crippen molar-refractivity contribution < 1.29 is 23.9 Å². The van der Waals surface area contributed by atoms with Crippen LogP contribution in [0.3, 0.4) is 0 Å². The Labute approximate surface area is 216 Å². The van der Waals surface area contributed by atoms with Gasteiger partial charge in [0.25, 0.3) is 17.4 Å². The Kier molecular flexibility index (Phi) is 7.04. The Hall–Kier alpha value is -4.18. The molecule has 0 radical (unpaired) electrons. The van der Waals surface area contributed by atoms with Crippen molar-refractivity contribution in [2.24, 2.45) is 0 Å². The number of aromatic hydroxyl groups is 1. The van der Waals surface area contributed by atoms with Crippen molar-refractivity contribution in [3.05, 3.63) is 86.0 Å². The van der Waals surface area contributed by atoms with Crippen LogP contribution in [0.15, 0.2) is 47.3 Å². The van der Waals surface area contributed by atoms with Crippen LogP contribution in [0.5, 0.6) is 5.75 Å². The van der Waals surface area contributed by atoms with Crippen LogP contribution < -0.4 is 10.9 Å². The van der Waals surface area contributed by atoms with E-state index in [0.29, 0.717) is 11.3 Å². The molecule has 0 saturated carbocycles. The van der Waals surface area contributed by atoms with Crippen molar-refractivity contribution in [2.45, 2.75) is 19.9 Å². The molecular formula is C26H24ClFN4O5. The molecule has 0 bridgehead atoms. The number of nitrogens with one attached hydrogen (secondary N) is 1. The van der Waals surface area contributed by atoms with Crippen LogP contribution in [0.1, 0.15) is 38.9 Å². The maximum Gasteiger partial charge on any atom is 0.298 e. The average Bonchev–Trinajstić information content (AvgIpc) is 2.84. The molecule has 9 nitrogen and oxygen atoms in total. The van der Waals surface area contributed by atoms with E-state index in [1.54, 1.807) is 12.1 Å². The minimum absolute atomic E-state index is 0.0343. The quantitative estimate of drug-likeness (QED) is 0.530. The lowest BCUT2D eigenvalue weighted by atomic mass is 9.95. The number of aromatic nitrogens is 1. The van der Waals surface area contributed by atoms with Crippen molar-refractivity contribution in [1.82, 2.24) is 14.4 Å². The third-order valence-corrected chi connectivity index (χ3v) is 6.29. The predicted octanol–water partition coefficient (Wildman–Crippen LogP) is 3.19. The molecule has 2 heterocycles. The first-order chi connectivity index (χ1) is 17.5. The summed E-state index contributed by atoms with van der Waals surface area (Å²) in [6.45, 7) is 1.62. The Bertz CT molecular complexity index is 1480. The van der Waals surface area contributed by atoms with Crippen LogP contribution in [0.4, 0.5) is 10.1 Å². The Morgan fingerprint density at radius 3 is 2.41 bits per heavy atom. The molecule has 0 aliphatic carbocycles. The topological polar surface area (TPSA) is 112 Å². The summed E-state index contributed by atoms with van der Waals surface area (Å²) < 4.78 is 14.6. The maximum absolute atomic E-state index is 13.6. The number of benzene rings is 2. The first-order valence-electron chi connectivity index (χ1n) is 11.3. The largest absolute Gasteiger partial charge is 0.502 e. The van der Waals surface area contributed by atoms with Crippen LogP contribution in [0.25, 0.3) is 5.69 Å². The van der Waals surface area contributed by atoms with Gasteiger partial charge >= 0.3 is 0 Å². The molecule has 1 aliphatic rings. The molecule has 0 fully saturated rings. The smallest absolute Gasteiger partial charge is 0.298 e. The fourth-order valence-corrected chi connectivity index (χ4v) is 4.48. The van der Waals surface area contributed by atoms with Gasteiger partial charge in [0.05, 0.1) is 10.6 Å². The minimum Gasteiger partial charge on any atom is -0.502 e. The summed E-state index contributed by atoms with van der Waals surface area (Å²) in [5.74, 6) is -2.78. The van der Waals surface area contributed by atoms with Gasteiger partial charge in [-0.2, -0.15) is 0 Å². The molecule has 2 N–H and O–H groups in total. The van der Waals surface area contributed by atoms with Gasteiger partial charge in [0.2, 0.25) is 5.91 Å². The number of amides is 3. The SMILES string of the molecule is CC(=O)Nc1ccc(-n2c(C(=O)N(C)C)c3c(c(O)c2=O)C(=O)N(Cc2ccc(F)c(Cl)c2)CC3)cc1. The summed E-state index contributed by atoms with van der Waals surface area (Å²) in [5.41, 5.74) is 0.377. The van der Waals surface area contributed by atoms with Gasteiger partial charge in [-0.1, -0.05) is 17.7 Å². The molecule has 0 saturated heterocycles. The van der Waals surface area contributed by atoms with Crippen molar-refractivity contribution >= 4 is 35.0 Å². The molecule has 37 heavy (non-hydrogen) atoms. The number of anilines is 1. The Morgan fingerprint density at radius 2 is 1.81 bits per heavy atom. The lowest BCUT2D eigenvalue weighted by Gasteiger charge is -2.31. The number of hydrogen-bond donors (Lipinski definition) is 2. The normalized spacial score (nSPS) is 12.8. The van der Waals surface area contributed by atoms with Crippen molar-refractivity contribution in [3.63, 3.8) is 0 Å². The monoisotopic (exact) mass is 526 g/mol. The number of carbonyl (C=O) groups excluding carboxylic acids is 3. The number of carbonyl (C=O) groups is 3. The zero-order chi connectivity index (χ0) is 27.0. The summed E-state index contributed by atoms with van der Waals surface area (Å²) in [7, 11) is 3.04. The summed E-state index contributed by atoms with van der Waals surface area (Å²) in [6, 6.07) is 10.3. The molecule has 3 aromatic rings. The molecule has 3 amide bonds. The van der Waals surface area contributed by atoms with E-state index in [2.05, 4.69) is 5.32 Å². The average molecular weight is 527 g/mol. The first kappa shape index (κ1) is 25.9. The molecule has 0 unspecified atom stereocenters. The second-order valence-corrected chi connectivity index (χ2v) is 9.25. The van der Waals surface area contributed by atoms with Crippen molar-refractivity contribution in [3.8, 4) is 11.4 Å². The van der Waals surface area contributed by atoms with E-state index in [4.69, 9.17) is 11.6 Å². The number of halogens is 2. The van der Waals surface area contributed by atoms with Crippen LogP contribution >= 0.6 is 11.6 Å². The number of rotatable bonds is 5. The van der Waals surface area contributed by atoms with Gasteiger partial charge in [0.15, 0.2) is 5.75 Å². The van der Waals surface area contributed by atoms with E-state index in [0.717, 1.165) is 4.57 Å². The van der Waals surface area contributed by atoms with Crippen molar-refractivity contribution in [2.75, 3.05) is 26.0 Å². The van der Waals surface area contributed by atoms with Crippen LogP contribution in [0, 0.1) is 5.82 Å². The van der Waals surface area contributed by atoms with Crippen molar-refractivity contribution in [1.29, 1.82) is 0 Å². The number of pyridine rings is 1. The van der Waals surface area contributed by atoms with E-state index in [1.165, 1.54) is 61.2 Å². The highest BCUT2D eigenvalue weighted by Crippen LogP contribution is 2.31. The van der Waals surface area contributed by atoms with Gasteiger partial charge in [0.1, 0.15) is 11.5 Å². The van der Waals surface area contributed by atoms with Gasteiger partial charge in [-0.15, -0.1) is 0 Å². The summed E-state index contributed by atoms with van der Waals surface area (Å²) >= 11 is 5.87. The van der Waals surface area contributed by atoms with E-state index in [-0.39, 0.29) is 52.9 Å². The zero-order valence-corrected chi connectivity index (χ0v) is 21.1. The first-order valence-corrected chi connectivity index (χ1v) is 11.7. The second kappa shape index (κ2) is 10.1. The molecule has 4 rings (SSSR count). The molecular weight excluding hydrogens is 503 g/mol. The number of fused-ring (bicyclic) bond motifs is 1. The molecule has 0 atom stereocenters. The molecule has 1 aromatic heterocycles. The summed E-state index contributed by atoms with van der Waals surface area (Å²) in [4.78, 5) is 54.1. The molecule has 11 heteroatoms. The lowest BCUT2D eigenvalue weighted by molar-refractivity contribution is -0.114. The van der Waals surface area contributed by atoms with Gasteiger partial charge < -0.3 is 20.2 Å². The van der Waals surface area contributed by atoms with Crippen LogP contribution in [0.2, 0.25) is 5.02 Å². The summed E-state index contributed by atoms with van der Waals surface area (Å²) in [6.07, 6.45) is 0.183. The second-order valence-electron chi connectivity index (χ2n) is 8.84. The fraction of sp³-hybridized carbons (Fsp3) is 0.231. The fourth-order valence-electron chi connectivity index (χ4n) is 4.28. The third-order valence-electron chi connectivity index (χ3n) is 6.00. The summed E-state index contributed by atoms with van der Waals surface area (Å²) in [5, 5.41) is 13.4. The van der Waals surface area contributed by atoms with Crippen LogP contribution in [-0.4, -0.2) is 57.8 Å². The van der Waals surface area contributed by atoms with E-state index >= 15 is 0 Å². The molecule has 1 aliphatic heterocycles.